The molecular formula is C15H15Cl2N3O. The number of halogens is 2. The number of nitrogens with zero attached hydrogens (tertiary/aromatic N) is 2. The maximum absolute atomic E-state index is 12.5. The molecule has 0 unspecified atom stereocenters. The summed E-state index contributed by atoms with van der Waals surface area (Å²) in [5.74, 6) is 0.432. The molecule has 6 heteroatoms. The molecule has 3 rings (SSSR count). The van der Waals surface area contributed by atoms with Crippen molar-refractivity contribution in [2.45, 2.75) is 18.8 Å². The highest BCUT2D eigenvalue weighted by atomic mass is 35.5. The van der Waals surface area contributed by atoms with Crippen LogP contribution < -0.4 is 0 Å². The van der Waals surface area contributed by atoms with E-state index in [2.05, 4.69) is 9.97 Å². The molecular weight excluding hydrogens is 309 g/mol. The van der Waals surface area contributed by atoms with Gasteiger partial charge in [0, 0.05) is 46.5 Å². The predicted molar refractivity (Wildman–Crippen MR) is 82.9 cm³/mol. The fourth-order valence-electron chi connectivity index (χ4n) is 2.74. The van der Waals surface area contributed by atoms with Crippen LogP contribution in [0.15, 0.2) is 30.7 Å². The maximum Gasteiger partial charge on any atom is 0.253 e. The number of benzene rings is 1. The number of hydrogen-bond acceptors (Lipinski definition) is 2. The Morgan fingerprint density at radius 3 is 2.43 bits per heavy atom. The second-order valence-electron chi connectivity index (χ2n) is 5.23. The van der Waals surface area contributed by atoms with E-state index < -0.39 is 0 Å². The standard InChI is InChI=1S/C15H15Cl2N3O/c16-12-5-11(6-13(17)7-12)15(21)20-3-1-10(2-4-20)14-8-18-9-19-14/h5-10H,1-4H2,(H,18,19). The highest BCUT2D eigenvalue weighted by Gasteiger charge is 2.25. The molecule has 1 aromatic carbocycles. The molecule has 0 aliphatic carbocycles. The van der Waals surface area contributed by atoms with E-state index in [1.807, 2.05) is 11.1 Å². The van der Waals surface area contributed by atoms with Gasteiger partial charge in [0.25, 0.3) is 5.91 Å². The topological polar surface area (TPSA) is 49.0 Å². The molecule has 1 aliphatic heterocycles. The van der Waals surface area contributed by atoms with Crippen molar-refractivity contribution >= 4 is 29.1 Å². The molecule has 1 fully saturated rings. The third-order valence-electron chi connectivity index (χ3n) is 3.85. The fourth-order valence-corrected chi connectivity index (χ4v) is 3.27. The van der Waals surface area contributed by atoms with Crippen LogP contribution in [0.2, 0.25) is 10.0 Å². The Labute approximate surface area is 133 Å². The minimum absolute atomic E-state index is 0.0116. The number of piperidine rings is 1. The second kappa shape index (κ2) is 6.08. The second-order valence-corrected chi connectivity index (χ2v) is 6.10. The number of aromatic nitrogens is 2. The van der Waals surface area contributed by atoms with Gasteiger partial charge in [0.2, 0.25) is 0 Å². The van der Waals surface area contributed by atoms with Crippen molar-refractivity contribution in [3.8, 4) is 0 Å². The van der Waals surface area contributed by atoms with Crippen molar-refractivity contribution in [2.75, 3.05) is 13.1 Å². The number of imidazole rings is 1. The number of amides is 1. The van der Waals surface area contributed by atoms with E-state index in [0.717, 1.165) is 31.6 Å². The molecule has 21 heavy (non-hydrogen) atoms. The summed E-state index contributed by atoms with van der Waals surface area (Å²) in [5.41, 5.74) is 1.69. The summed E-state index contributed by atoms with van der Waals surface area (Å²) in [6.45, 7) is 1.46. The molecule has 2 heterocycles. The zero-order valence-electron chi connectivity index (χ0n) is 11.4. The zero-order chi connectivity index (χ0) is 14.8. The Kier molecular flexibility index (Phi) is 4.17. The number of likely N-dealkylation sites (tertiary alicyclic amines) is 1. The summed E-state index contributed by atoms with van der Waals surface area (Å²) in [6.07, 6.45) is 5.42. The third kappa shape index (κ3) is 3.22. The first kappa shape index (κ1) is 14.4. The lowest BCUT2D eigenvalue weighted by Crippen LogP contribution is -2.38. The minimum Gasteiger partial charge on any atom is -0.348 e. The molecule has 0 radical (unpaired) electrons. The average molecular weight is 324 g/mol. The van der Waals surface area contributed by atoms with Gasteiger partial charge in [-0.25, -0.2) is 4.98 Å². The molecule has 1 saturated heterocycles. The van der Waals surface area contributed by atoms with Crippen LogP contribution in [0.5, 0.6) is 0 Å². The maximum atomic E-state index is 12.5. The number of carbonyl (C=O) groups is 1. The quantitative estimate of drug-likeness (QED) is 0.915. The van der Waals surface area contributed by atoms with Gasteiger partial charge in [-0.15, -0.1) is 0 Å². The van der Waals surface area contributed by atoms with Crippen molar-refractivity contribution in [2.24, 2.45) is 0 Å². The van der Waals surface area contributed by atoms with Gasteiger partial charge in [-0.3, -0.25) is 4.79 Å². The summed E-state index contributed by atoms with van der Waals surface area (Å²) in [5, 5.41) is 0.969. The highest BCUT2D eigenvalue weighted by molar-refractivity contribution is 6.35. The van der Waals surface area contributed by atoms with Gasteiger partial charge in [-0.05, 0) is 31.0 Å². The normalized spacial score (nSPS) is 16.2. The van der Waals surface area contributed by atoms with Crippen molar-refractivity contribution in [3.63, 3.8) is 0 Å². The number of hydrogen-bond donors (Lipinski definition) is 1. The van der Waals surface area contributed by atoms with Gasteiger partial charge < -0.3 is 9.88 Å². The zero-order valence-corrected chi connectivity index (χ0v) is 12.9. The van der Waals surface area contributed by atoms with Crippen LogP contribution in [0.25, 0.3) is 0 Å². The van der Waals surface area contributed by atoms with Crippen molar-refractivity contribution in [1.29, 1.82) is 0 Å². The first-order valence-electron chi connectivity index (χ1n) is 6.87. The lowest BCUT2D eigenvalue weighted by Gasteiger charge is -2.31. The van der Waals surface area contributed by atoms with Gasteiger partial charge in [0.05, 0.1) is 6.33 Å². The molecule has 0 bridgehead atoms. The molecule has 1 N–H and O–H groups in total. The monoisotopic (exact) mass is 323 g/mol. The van der Waals surface area contributed by atoms with Crippen LogP contribution in [0.4, 0.5) is 0 Å². The van der Waals surface area contributed by atoms with Gasteiger partial charge in [0.1, 0.15) is 0 Å². The van der Waals surface area contributed by atoms with Crippen LogP contribution in [-0.4, -0.2) is 33.9 Å². The lowest BCUT2D eigenvalue weighted by atomic mass is 9.93. The lowest BCUT2D eigenvalue weighted by molar-refractivity contribution is 0.0712. The molecule has 1 aliphatic rings. The van der Waals surface area contributed by atoms with E-state index in [1.165, 1.54) is 0 Å². The average Bonchev–Trinajstić information content (AvgIpc) is 3.00. The van der Waals surface area contributed by atoms with Crippen LogP contribution in [0, 0.1) is 0 Å². The number of carbonyl (C=O) groups excluding carboxylic acids is 1. The molecule has 1 aromatic heterocycles. The van der Waals surface area contributed by atoms with Gasteiger partial charge in [0.15, 0.2) is 0 Å². The Balaban J connectivity index is 1.67. The Hall–Kier alpha value is -1.52. The molecule has 0 saturated carbocycles. The van der Waals surface area contributed by atoms with E-state index >= 15 is 0 Å². The number of rotatable bonds is 2. The molecule has 0 spiro atoms. The third-order valence-corrected chi connectivity index (χ3v) is 4.29. The first-order valence-corrected chi connectivity index (χ1v) is 7.63. The van der Waals surface area contributed by atoms with Crippen LogP contribution in [0.3, 0.4) is 0 Å². The Morgan fingerprint density at radius 1 is 1.19 bits per heavy atom. The van der Waals surface area contributed by atoms with E-state index in [0.29, 0.717) is 21.5 Å². The number of H-pyrrole nitrogens is 1. The predicted octanol–water partition coefficient (Wildman–Crippen LogP) is 3.74. The summed E-state index contributed by atoms with van der Waals surface area (Å²) in [4.78, 5) is 21.5. The van der Waals surface area contributed by atoms with Gasteiger partial charge in [-0.2, -0.15) is 0 Å². The summed E-state index contributed by atoms with van der Waals surface area (Å²) in [6, 6.07) is 4.96. The molecule has 2 aromatic rings. The SMILES string of the molecule is O=C(c1cc(Cl)cc(Cl)c1)N1CCC(c2cnc[nH]2)CC1. The summed E-state index contributed by atoms with van der Waals surface area (Å²) in [7, 11) is 0. The smallest absolute Gasteiger partial charge is 0.253 e. The summed E-state index contributed by atoms with van der Waals surface area (Å²) < 4.78 is 0. The van der Waals surface area contributed by atoms with E-state index in [1.54, 1.807) is 24.5 Å². The minimum atomic E-state index is -0.0116. The fraction of sp³-hybridized carbons (Fsp3) is 0.333. The van der Waals surface area contributed by atoms with Crippen LogP contribution in [-0.2, 0) is 0 Å². The van der Waals surface area contributed by atoms with Gasteiger partial charge >= 0.3 is 0 Å². The molecule has 0 atom stereocenters. The first-order chi connectivity index (χ1) is 10.1. The largest absolute Gasteiger partial charge is 0.348 e. The van der Waals surface area contributed by atoms with Crippen LogP contribution in [0.1, 0.15) is 34.8 Å². The Bertz CT molecular complexity index is 614. The molecule has 4 nitrogen and oxygen atoms in total. The number of nitrogens with one attached hydrogen (secondary N) is 1. The van der Waals surface area contributed by atoms with E-state index in [4.69, 9.17) is 23.2 Å². The molecule has 1 amide bonds. The Morgan fingerprint density at radius 2 is 1.86 bits per heavy atom. The summed E-state index contributed by atoms with van der Waals surface area (Å²) >= 11 is 11.9. The van der Waals surface area contributed by atoms with Gasteiger partial charge in [-0.1, -0.05) is 23.2 Å². The molecule has 110 valence electrons. The highest BCUT2D eigenvalue weighted by Crippen LogP contribution is 2.28. The number of aromatic amines is 1. The van der Waals surface area contributed by atoms with Crippen LogP contribution >= 0.6 is 23.2 Å². The van der Waals surface area contributed by atoms with E-state index in [9.17, 15) is 4.79 Å². The van der Waals surface area contributed by atoms with Crippen molar-refractivity contribution in [3.05, 3.63) is 52.0 Å². The van der Waals surface area contributed by atoms with Crippen molar-refractivity contribution in [1.82, 2.24) is 14.9 Å². The van der Waals surface area contributed by atoms with E-state index in [-0.39, 0.29) is 5.91 Å². The van der Waals surface area contributed by atoms with Crippen molar-refractivity contribution < 1.29 is 4.79 Å².